The molecular formula is C14H13ClF3N3. The van der Waals surface area contributed by atoms with E-state index in [1.807, 2.05) is 4.57 Å². The highest BCUT2D eigenvalue weighted by Gasteiger charge is 2.30. The maximum Gasteiger partial charge on any atom is 0.416 e. The number of rotatable bonds is 1. The number of hydrogen-bond donors (Lipinski definition) is 1. The van der Waals surface area contributed by atoms with Gasteiger partial charge in [-0.1, -0.05) is 23.7 Å². The maximum atomic E-state index is 12.6. The summed E-state index contributed by atoms with van der Waals surface area (Å²) in [6.07, 6.45) is -2.61. The van der Waals surface area contributed by atoms with Gasteiger partial charge in [-0.05, 0) is 25.0 Å². The van der Waals surface area contributed by atoms with E-state index in [0.29, 0.717) is 16.5 Å². The number of alkyl halides is 3. The van der Waals surface area contributed by atoms with Gasteiger partial charge in [0.1, 0.15) is 5.82 Å². The average molecular weight is 316 g/mol. The number of imidazole rings is 1. The molecule has 1 aromatic carbocycles. The lowest BCUT2D eigenvalue weighted by atomic mass is 10.0. The third-order valence-corrected chi connectivity index (χ3v) is 3.96. The minimum atomic E-state index is -4.34. The van der Waals surface area contributed by atoms with Gasteiger partial charge in [0.15, 0.2) is 5.15 Å². The Morgan fingerprint density at radius 2 is 1.90 bits per heavy atom. The van der Waals surface area contributed by atoms with Gasteiger partial charge in [-0.25, -0.2) is 4.98 Å². The van der Waals surface area contributed by atoms with Crippen molar-refractivity contribution in [3.05, 3.63) is 40.7 Å². The summed E-state index contributed by atoms with van der Waals surface area (Å²) in [5, 5.41) is 0.331. The molecule has 7 heteroatoms. The Morgan fingerprint density at radius 1 is 1.24 bits per heavy atom. The molecule has 0 saturated heterocycles. The molecule has 21 heavy (non-hydrogen) atoms. The first-order valence-corrected chi connectivity index (χ1v) is 6.95. The molecule has 2 N–H and O–H groups in total. The third-order valence-electron chi connectivity index (χ3n) is 3.68. The molecule has 2 aromatic rings. The predicted molar refractivity (Wildman–Crippen MR) is 73.8 cm³/mol. The van der Waals surface area contributed by atoms with Gasteiger partial charge in [0, 0.05) is 18.2 Å². The normalized spacial score (nSPS) is 18.6. The molecule has 0 bridgehead atoms. The van der Waals surface area contributed by atoms with Crippen molar-refractivity contribution in [2.75, 3.05) is 0 Å². The number of aromatic nitrogens is 2. The molecule has 1 unspecified atom stereocenters. The molecule has 0 aliphatic carbocycles. The van der Waals surface area contributed by atoms with Crippen molar-refractivity contribution in [1.82, 2.24) is 9.55 Å². The fraction of sp³-hybridized carbons (Fsp3) is 0.357. The van der Waals surface area contributed by atoms with Crippen LogP contribution in [-0.2, 0) is 12.7 Å². The highest BCUT2D eigenvalue weighted by Crippen LogP contribution is 2.35. The summed E-state index contributed by atoms with van der Waals surface area (Å²) in [6, 6.07) is 4.74. The Hall–Kier alpha value is -1.53. The van der Waals surface area contributed by atoms with E-state index in [1.165, 1.54) is 12.1 Å². The van der Waals surface area contributed by atoms with Crippen LogP contribution < -0.4 is 5.73 Å². The number of nitrogens with two attached hydrogens (primary N) is 1. The summed E-state index contributed by atoms with van der Waals surface area (Å²) in [5.41, 5.74) is 6.71. The van der Waals surface area contributed by atoms with Crippen LogP contribution >= 0.6 is 11.6 Å². The van der Waals surface area contributed by atoms with Crippen molar-refractivity contribution in [3.63, 3.8) is 0 Å². The second-order valence-corrected chi connectivity index (χ2v) is 5.44. The van der Waals surface area contributed by atoms with Gasteiger partial charge in [0.25, 0.3) is 0 Å². The average Bonchev–Trinajstić information content (AvgIpc) is 2.77. The molecule has 0 amide bonds. The first kappa shape index (κ1) is 14.4. The second-order valence-electron chi connectivity index (χ2n) is 5.09. The summed E-state index contributed by atoms with van der Waals surface area (Å²) >= 11 is 6.12. The molecule has 112 valence electrons. The third kappa shape index (κ3) is 2.53. The van der Waals surface area contributed by atoms with E-state index in [0.717, 1.165) is 37.2 Å². The van der Waals surface area contributed by atoms with Crippen LogP contribution in [0.4, 0.5) is 13.2 Å². The SMILES string of the molecule is NC1CCCn2c(-c3ccc(C(F)(F)F)cc3)nc(Cl)c21. The van der Waals surface area contributed by atoms with Gasteiger partial charge in [-0.15, -0.1) is 0 Å². The van der Waals surface area contributed by atoms with Crippen molar-refractivity contribution in [1.29, 1.82) is 0 Å². The number of nitrogens with zero attached hydrogens (tertiary/aromatic N) is 2. The highest BCUT2D eigenvalue weighted by molar-refractivity contribution is 6.30. The number of fused-ring (bicyclic) bond motifs is 1. The Labute approximate surface area is 124 Å². The van der Waals surface area contributed by atoms with Gasteiger partial charge >= 0.3 is 6.18 Å². The zero-order chi connectivity index (χ0) is 15.2. The van der Waals surface area contributed by atoms with Gasteiger partial charge in [-0.2, -0.15) is 13.2 Å². The zero-order valence-corrected chi connectivity index (χ0v) is 11.7. The Kier molecular flexibility index (Phi) is 3.45. The Balaban J connectivity index is 2.04. The second kappa shape index (κ2) is 5.03. The van der Waals surface area contributed by atoms with Crippen LogP contribution in [-0.4, -0.2) is 9.55 Å². The predicted octanol–water partition coefficient (Wildman–Crippen LogP) is 4.02. The van der Waals surface area contributed by atoms with Crippen molar-refractivity contribution < 1.29 is 13.2 Å². The van der Waals surface area contributed by atoms with Crippen LogP contribution in [0.1, 0.15) is 30.1 Å². The summed E-state index contributed by atoms with van der Waals surface area (Å²) in [7, 11) is 0. The van der Waals surface area contributed by atoms with Crippen molar-refractivity contribution in [2.24, 2.45) is 5.73 Å². The van der Waals surface area contributed by atoms with Gasteiger partial charge in [0.05, 0.1) is 11.3 Å². The van der Waals surface area contributed by atoms with E-state index in [9.17, 15) is 13.2 Å². The summed E-state index contributed by atoms with van der Waals surface area (Å²) in [6.45, 7) is 0.721. The molecule has 1 aliphatic heterocycles. The molecule has 0 saturated carbocycles. The zero-order valence-electron chi connectivity index (χ0n) is 11.0. The molecule has 0 fully saturated rings. The first-order valence-electron chi connectivity index (χ1n) is 6.57. The standard InChI is InChI=1S/C14H13ClF3N3/c15-12-11-10(19)2-1-7-21(11)13(20-12)8-3-5-9(6-4-8)14(16,17)18/h3-6,10H,1-2,7,19H2. The fourth-order valence-corrected chi connectivity index (χ4v) is 2.97. The number of hydrogen-bond acceptors (Lipinski definition) is 2. The number of halogens is 4. The van der Waals surface area contributed by atoms with Crippen LogP contribution in [0.3, 0.4) is 0 Å². The lowest BCUT2D eigenvalue weighted by Gasteiger charge is -2.22. The van der Waals surface area contributed by atoms with Crippen molar-refractivity contribution in [2.45, 2.75) is 31.6 Å². The Morgan fingerprint density at radius 3 is 2.52 bits per heavy atom. The summed E-state index contributed by atoms with van der Waals surface area (Å²) in [4.78, 5) is 4.27. The van der Waals surface area contributed by atoms with Gasteiger partial charge in [0.2, 0.25) is 0 Å². The van der Waals surface area contributed by atoms with E-state index in [-0.39, 0.29) is 6.04 Å². The fourth-order valence-electron chi connectivity index (χ4n) is 2.65. The quantitative estimate of drug-likeness (QED) is 0.864. The summed E-state index contributed by atoms with van der Waals surface area (Å²) in [5.74, 6) is 0.568. The largest absolute Gasteiger partial charge is 0.416 e. The van der Waals surface area contributed by atoms with E-state index < -0.39 is 11.7 Å². The monoisotopic (exact) mass is 315 g/mol. The maximum absolute atomic E-state index is 12.6. The molecule has 0 spiro atoms. The molecule has 1 aliphatic rings. The summed E-state index contributed by atoms with van der Waals surface area (Å²) < 4.78 is 39.7. The van der Waals surface area contributed by atoms with E-state index in [4.69, 9.17) is 17.3 Å². The topological polar surface area (TPSA) is 43.8 Å². The molecular weight excluding hydrogens is 303 g/mol. The lowest BCUT2D eigenvalue weighted by molar-refractivity contribution is -0.137. The molecule has 1 atom stereocenters. The Bertz CT molecular complexity index is 661. The molecule has 3 rings (SSSR count). The number of benzene rings is 1. The van der Waals surface area contributed by atoms with Gasteiger partial charge < -0.3 is 10.3 Å². The molecule has 0 radical (unpaired) electrons. The first-order chi connectivity index (χ1) is 9.88. The minimum absolute atomic E-state index is 0.179. The van der Waals surface area contributed by atoms with Crippen LogP contribution in [0.15, 0.2) is 24.3 Å². The van der Waals surface area contributed by atoms with Crippen LogP contribution in [0.2, 0.25) is 5.15 Å². The molecule has 3 nitrogen and oxygen atoms in total. The van der Waals surface area contributed by atoms with Gasteiger partial charge in [-0.3, -0.25) is 0 Å². The highest BCUT2D eigenvalue weighted by atomic mass is 35.5. The molecule has 2 heterocycles. The lowest BCUT2D eigenvalue weighted by Crippen LogP contribution is -2.22. The van der Waals surface area contributed by atoms with E-state index >= 15 is 0 Å². The van der Waals surface area contributed by atoms with Crippen LogP contribution in [0.5, 0.6) is 0 Å². The minimum Gasteiger partial charge on any atom is -0.325 e. The van der Waals surface area contributed by atoms with Crippen LogP contribution in [0.25, 0.3) is 11.4 Å². The smallest absolute Gasteiger partial charge is 0.325 e. The van der Waals surface area contributed by atoms with E-state index in [2.05, 4.69) is 4.98 Å². The van der Waals surface area contributed by atoms with Crippen molar-refractivity contribution in [3.8, 4) is 11.4 Å². The van der Waals surface area contributed by atoms with Crippen molar-refractivity contribution >= 4 is 11.6 Å². The van der Waals surface area contributed by atoms with E-state index in [1.54, 1.807) is 0 Å². The molecule has 1 aromatic heterocycles. The van der Waals surface area contributed by atoms with Crippen LogP contribution in [0, 0.1) is 0 Å².